The predicted octanol–water partition coefficient (Wildman–Crippen LogP) is 3.36. The molecule has 0 bridgehead atoms. The maximum atomic E-state index is 13.2. The van der Waals surface area contributed by atoms with Crippen molar-refractivity contribution >= 4 is 21.6 Å². The highest BCUT2D eigenvalue weighted by Crippen LogP contribution is 2.33. The van der Waals surface area contributed by atoms with Crippen molar-refractivity contribution in [3.63, 3.8) is 0 Å². The quantitative estimate of drug-likeness (QED) is 0.678. The van der Waals surface area contributed by atoms with Gasteiger partial charge >= 0.3 is 6.18 Å². The number of rotatable bonds is 8. The van der Waals surface area contributed by atoms with Gasteiger partial charge in [-0.1, -0.05) is 23.8 Å². The summed E-state index contributed by atoms with van der Waals surface area (Å²) >= 11 is 0. The van der Waals surface area contributed by atoms with Crippen LogP contribution in [0.25, 0.3) is 0 Å². The number of ether oxygens (including phenoxy) is 1. The number of amides is 1. The maximum absolute atomic E-state index is 13.2. The normalized spacial score (nSPS) is 13.0. The maximum Gasteiger partial charge on any atom is 0.416 e. The molecule has 0 unspecified atom stereocenters. The molecule has 0 spiro atoms. The molecular weight excluding hydrogens is 421 g/mol. The Bertz CT molecular complexity index is 976. The lowest BCUT2D eigenvalue weighted by atomic mass is 10.2. The van der Waals surface area contributed by atoms with Crippen LogP contribution in [0.1, 0.15) is 18.1 Å². The van der Waals surface area contributed by atoms with E-state index in [4.69, 9.17) is 4.74 Å². The van der Waals surface area contributed by atoms with Gasteiger partial charge in [0.15, 0.2) is 0 Å². The van der Waals surface area contributed by atoms with Gasteiger partial charge in [0.05, 0.1) is 22.8 Å². The van der Waals surface area contributed by atoms with Gasteiger partial charge < -0.3 is 10.1 Å². The van der Waals surface area contributed by atoms with Crippen LogP contribution in [0.3, 0.4) is 0 Å². The topological polar surface area (TPSA) is 75.7 Å². The van der Waals surface area contributed by atoms with Gasteiger partial charge in [-0.3, -0.25) is 9.10 Å². The Kier molecular flexibility index (Phi) is 7.49. The lowest BCUT2D eigenvalue weighted by Crippen LogP contribution is -2.44. The van der Waals surface area contributed by atoms with Crippen molar-refractivity contribution in [3.8, 4) is 0 Å². The largest absolute Gasteiger partial charge is 0.416 e. The summed E-state index contributed by atoms with van der Waals surface area (Å²) in [7, 11) is -2.86. The average Bonchev–Trinajstić information content (AvgIpc) is 2.66. The first-order valence-corrected chi connectivity index (χ1v) is 10.4. The van der Waals surface area contributed by atoms with Crippen molar-refractivity contribution in [3.05, 3.63) is 59.7 Å². The van der Waals surface area contributed by atoms with E-state index in [0.717, 1.165) is 17.7 Å². The molecule has 0 aliphatic rings. The van der Waals surface area contributed by atoms with E-state index >= 15 is 0 Å². The number of hydrogen-bond acceptors (Lipinski definition) is 4. The third-order valence-corrected chi connectivity index (χ3v) is 5.97. The highest BCUT2D eigenvalue weighted by atomic mass is 32.2. The number of benzene rings is 2. The van der Waals surface area contributed by atoms with Gasteiger partial charge in [0.1, 0.15) is 6.54 Å². The average molecular weight is 444 g/mol. The van der Waals surface area contributed by atoms with Gasteiger partial charge in [-0.15, -0.1) is 0 Å². The number of carbonyl (C=O) groups excluding carboxylic acids is 1. The molecule has 0 heterocycles. The van der Waals surface area contributed by atoms with E-state index in [2.05, 4.69) is 5.32 Å². The SMILES string of the molecule is COC[C@@H](C)NC(=O)CN(c1cccc(C(F)(F)F)c1)S(=O)(=O)c1ccc(C)cc1. The standard InChI is InChI=1S/C20H23F3N2O4S/c1-14-7-9-18(10-8-14)30(27,28)25(12-19(26)24-15(2)13-29-3)17-6-4-5-16(11-17)20(21,22)23/h4-11,15H,12-13H2,1-3H3,(H,24,26)/t15-/m1/s1. The summed E-state index contributed by atoms with van der Waals surface area (Å²) in [6.07, 6.45) is -4.66. The van der Waals surface area contributed by atoms with Crippen molar-refractivity contribution < 1.29 is 31.1 Å². The number of alkyl halides is 3. The van der Waals surface area contributed by atoms with Crippen molar-refractivity contribution in [2.24, 2.45) is 0 Å². The Hall–Kier alpha value is -2.59. The summed E-state index contributed by atoms with van der Waals surface area (Å²) in [5.74, 6) is -0.673. The molecule has 0 saturated heterocycles. The summed E-state index contributed by atoms with van der Waals surface area (Å²) in [6.45, 7) is 2.93. The number of hydrogen-bond donors (Lipinski definition) is 1. The first kappa shape index (κ1) is 23.7. The number of halogens is 3. The van der Waals surface area contributed by atoms with Crippen LogP contribution in [-0.2, 0) is 25.7 Å². The van der Waals surface area contributed by atoms with Crippen molar-refractivity contribution in [1.29, 1.82) is 0 Å². The Morgan fingerprint density at radius 1 is 1.17 bits per heavy atom. The van der Waals surface area contributed by atoms with Crippen LogP contribution in [0.4, 0.5) is 18.9 Å². The Morgan fingerprint density at radius 2 is 1.80 bits per heavy atom. The highest BCUT2D eigenvalue weighted by molar-refractivity contribution is 7.92. The van der Waals surface area contributed by atoms with E-state index < -0.39 is 40.3 Å². The minimum Gasteiger partial charge on any atom is -0.383 e. The minimum absolute atomic E-state index is 0.136. The first-order valence-electron chi connectivity index (χ1n) is 9.00. The number of nitrogens with zero attached hydrogens (tertiary/aromatic N) is 1. The van der Waals surface area contributed by atoms with E-state index in [1.807, 2.05) is 0 Å². The summed E-state index contributed by atoms with van der Waals surface area (Å²) in [5.41, 5.74) is -0.470. The van der Waals surface area contributed by atoms with E-state index in [9.17, 15) is 26.4 Å². The second kappa shape index (κ2) is 9.48. The van der Waals surface area contributed by atoms with Crippen molar-refractivity contribution in [2.75, 3.05) is 24.6 Å². The molecule has 0 radical (unpaired) electrons. The van der Waals surface area contributed by atoms with Crippen LogP contribution < -0.4 is 9.62 Å². The molecule has 2 rings (SSSR count). The van der Waals surface area contributed by atoms with Crippen LogP contribution in [0.15, 0.2) is 53.4 Å². The molecule has 2 aromatic carbocycles. The fourth-order valence-corrected chi connectivity index (χ4v) is 4.15. The monoisotopic (exact) mass is 444 g/mol. The number of methoxy groups -OCH3 is 1. The van der Waals surface area contributed by atoms with E-state index in [1.54, 1.807) is 26.0 Å². The third-order valence-electron chi connectivity index (χ3n) is 4.18. The number of aryl methyl sites for hydroxylation is 1. The predicted molar refractivity (Wildman–Crippen MR) is 107 cm³/mol. The zero-order valence-electron chi connectivity index (χ0n) is 16.7. The van der Waals surface area contributed by atoms with E-state index in [1.165, 1.54) is 25.3 Å². The fourth-order valence-electron chi connectivity index (χ4n) is 2.73. The van der Waals surface area contributed by atoms with Gasteiger partial charge in [-0.05, 0) is 44.2 Å². The van der Waals surface area contributed by atoms with Crippen LogP contribution in [0.2, 0.25) is 0 Å². The van der Waals surface area contributed by atoms with Gasteiger partial charge in [0, 0.05) is 13.2 Å². The number of carbonyl (C=O) groups is 1. The molecule has 0 aliphatic heterocycles. The van der Waals surface area contributed by atoms with Crippen molar-refractivity contribution in [1.82, 2.24) is 5.32 Å². The van der Waals surface area contributed by atoms with Crippen molar-refractivity contribution in [2.45, 2.75) is 31.0 Å². The molecule has 6 nitrogen and oxygen atoms in total. The zero-order valence-corrected chi connectivity index (χ0v) is 17.5. The molecule has 164 valence electrons. The second-order valence-corrected chi connectivity index (χ2v) is 8.66. The molecule has 1 N–H and O–H groups in total. The lowest BCUT2D eigenvalue weighted by molar-refractivity contribution is -0.137. The molecule has 2 aromatic rings. The molecule has 0 aliphatic carbocycles. The molecule has 30 heavy (non-hydrogen) atoms. The van der Waals surface area contributed by atoms with Gasteiger partial charge in [0.25, 0.3) is 10.0 Å². The minimum atomic E-state index is -4.66. The van der Waals surface area contributed by atoms with Gasteiger partial charge in [0.2, 0.25) is 5.91 Å². The summed E-state index contributed by atoms with van der Waals surface area (Å²) < 4.78 is 71.4. The van der Waals surface area contributed by atoms with Gasteiger partial charge in [-0.25, -0.2) is 8.42 Å². The Morgan fingerprint density at radius 3 is 2.37 bits per heavy atom. The molecule has 1 atom stereocenters. The zero-order chi connectivity index (χ0) is 22.5. The lowest BCUT2D eigenvalue weighted by Gasteiger charge is -2.25. The number of nitrogens with one attached hydrogen (secondary N) is 1. The molecule has 0 fully saturated rings. The summed E-state index contributed by atoms with van der Waals surface area (Å²) in [4.78, 5) is 12.3. The molecule has 1 amide bonds. The fraction of sp³-hybridized carbons (Fsp3) is 0.350. The van der Waals surface area contributed by atoms with E-state index in [0.29, 0.717) is 10.4 Å². The van der Waals surface area contributed by atoms with Crippen LogP contribution >= 0.6 is 0 Å². The Labute approximate surface area is 173 Å². The molecular formula is C20H23F3N2O4S. The van der Waals surface area contributed by atoms with Crippen LogP contribution in [0, 0.1) is 6.92 Å². The molecule has 0 saturated carbocycles. The smallest absolute Gasteiger partial charge is 0.383 e. The summed E-state index contributed by atoms with van der Waals surface area (Å²) in [6, 6.07) is 9.27. The molecule has 10 heteroatoms. The second-order valence-electron chi connectivity index (χ2n) is 6.80. The third kappa shape index (κ3) is 5.96. The first-order chi connectivity index (χ1) is 13.9. The highest BCUT2D eigenvalue weighted by Gasteiger charge is 2.33. The molecule has 0 aromatic heterocycles. The summed E-state index contributed by atoms with van der Waals surface area (Å²) in [5, 5.41) is 2.57. The van der Waals surface area contributed by atoms with E-state index in [-0.39, 0.29) is 17.2 Å². The Balaban J connectivity index is 2.47. The number of sulfonamides is 1. The van der Waals surface area contributed by atoms with Gasteiger partial charge in [-0.2, -0.15) is 13.2 Å². The van der Waals surface area contributed by atoms with Crippen LogP contribution in [-0.4, -0.2) is 40.6 Å². The van der Waals surface area contributed by atoms with Crippen LogP contribution in [0.5, 0.6) is 0 Å². The number of anilines is 1.